The van der Waals surface area contributed by atoms with E-state index in [9.17, 15) is 4.79 Å². The lowest BCUT2D eigenvalue weighted by Gasteiger charge is -2.22. The Labute approximate surface area is 178 Å². The van der Waals surface area contributed by atoms with Crippen molar-refractivity contribution in [2.24, 2.45) is 0 Å². The van der Waals surface area contributed by atoms with Crippen molar-refractivity contribution in [2.75, 3.05) is 24.7 Å². The lowest BCUT2D eigenvalue weighted by Crippen LogP contribution is -2.40. The molecule has 0 unspecified atom stereocenters. The van der Waals surface area contributed by atoms with Gasteiger partial charge >= 0.3 is 0 Å². The molecule has 0 aromatic heterocycles. The Bertz CT molecular complexity index is 871. The molecule has 0 N–H and O–H groups in total. The first-order valence-electron chi connectivity index (χ1n) is 11.1. The van der Waals surface area contributed by atoms with Crippen molar-refractivity contribution >= 4 is 11.6 Å². The molecule has 1 fully saturated rings. The molecule has 5 nitrogen and oxygen atoms in total. The molecule has 2 aliphatic rings. The summed E-state index contributed by atoms with van der Waals surface area (Å²) in [6.45, 7) is 6.40. The van der Waals surface area contributed by atoms with Gasteiger partial charge in [-0.05, 0) is 54.7 Å². The number of carbonyl (C=O) groups excluding carboxylic acids is 1. The number of anilines is 1. The number of benzene rings is 2. The molecular formula is C25H31NO4. The first kappa shape index (κ1) is 20.9. The highest BCUT2D eigenvalue weighted by molar-refractivity contribution is 6.06. The molecule has 2 aromatic carbocycles. The van der Waals surface area contributed by atoms with Crippen molar-refractivity contribution in [2.45, 2.75) is 58.3 Å². The van der Waals surface area contributed by atoms with E-state index in [0.29, 0.717) is 19.8 Å². The van der Waals surface area contributed by atoms with E-state index in [-0.39, 0.29) is 5.91 Å². The van der Waals surface area contributed by atoms with Crippen LogP contribution in [0.4, 0.5) is 5.69 Å². The monoisotopic (exact) mass is 409 g/mol. The summed E-state index contributed by atoms with van der Waals surface area (Å²) >= 11 is 0. The predicted molar refractivity (Wildman–Crippen MR) is 117 cm³/mol. The molecule has 2 heterocycles. The summed E-state index contributed by atoms with van der Waals surface area (Å²) < 4.78 is 17.6. The SMILES string of the molecule is CCCCOc1ccc(CN2C(=O)C3(OCCO3)c3cc(CCCC)ccc32)cc1. The maximum atomic E-state index is 13.4. The molecule has 0 atom stereocenters. The molecule has 1 spiro atoms. The average Bonchev–Trinajstić information content (AvgIpc) is 3.35. The Balaban J connectivity index is 1.56. The number of rotatable bonds is 9. The smallest absolute Gasteiger partial charge is 0.292 e. The van der Waals surface area contributed by atoms with Crippen molar-refractivity contribution in [3.05, 3.63) is 59.2 Å². The summed E-state index contributed by atoms with van der Waals surface area (Å²) in [4.78, 5) is 15.2. The van der Waals surface area contributed by atoms with Crippen molar-refractivity contribution < 1.29 is 19.0 Å². The average molecular weight is 410 g/mol. The fourth-order valence-electron chi connectivity index (χ4n) is 4.08. The van der Waals surface area contributed by atoms with Gasteiger partial charge in [0.2, 0.25) is 0 Å². The number of hydrogen-bond acceptors (Lipinski definition) is 4. The molecule has 1 amide bonds. The fraction of sp³-hybridized carbons (Fsp3) is 0.480. The van der Waals surface area contributed by atoms with Gasteiger partial charge in [-0.3, -0.25) is 4.79 Å². The summed E-state index contributed by atoms with van der Waals surface area (Å²) in [5.41, 5.74) is 3.99. The second-order valence-electron chi connectivity index (χ2n) is 8.01. The molecule has 0 radical (unpaired) electrons. The van der Waals surface area contributed by atoms with Crippen molar-refractivity contribution in [1.82, 2.24) is 0 Å². The molecule has 30 heavy (non-hydrogen) atoms. The van der Waals surface area contributed by atoms with Crippen LogP contribution in [0.2, 0.25) is 0 Å². The largest absolute Gasteiger partial charge is 0.494 e. The van der Waals surface area contributed by atoms with Gasteiger partial charge < -0.3 is 19.1 Å². The predicted octanol–water partition coefficient (Wildman–Crippen LogP) is 4.95. The number of carbonyl (C=O) groups is 1. The van der Waals surface area contributed by atoms with Crippen LogP contribution in [-0.4, -0.2) is 25.7 Å². The minimum Gasteiger partial charge on any atom is -0.494 e. The third-order valence-corrected chi connectivity index (χ3v) is 5.78. The van der Waals surface area contributed by atoms with Gasteiger partial charge in [0.15, 0.2) is 0 Å². The first-order chi connectivity index (χ1) is 14.7. The van der Waals surface area contributed by atoms with E-state index in [1.54, 1.807) is 4.90 Å². The van der Waals surface area contributed by atoms with Gasteiger partial charge in [0.25, 0.3) is 11.7 Å². The molecule has 160 valence electrons. The van der Waals surface area contributed by atoms with E-state index in [4.69, 9.17) is 14.2 Å². The van der Waals surface area contributed by atoms with Gasteiger partial charge in [-0.15, -0.1) is 0 Å². The van der Waals surface area contributed by atoms with Gasteiger partial charge in [0.05, 0.1) is 32.1 Å². The number of unbranched alkanes of at least 4 members (excludes halogenated alkanes) is 2. The molecule has 2 aromatic rings. The number of nitrogens with zero attached hydrogens (tertiary/aromatic N) is 1. The molecule has 0 saturated carbocycles. The normalized spacial score (nSPS) is 17.0. The maximum absolute atomic E-state index is 13.4. The van der Waals surface area contributed by atoms with Gasteiger partial charge in [-0.1, -0.05) is 44.9 Å². The third kappa shape index (κ3) is 3.96. The summed E-state index contributed by atoms with van der Waals surface area (Å²) in [5, 5.41) is 0. The Morgan fingerprint density at radius 3 is 2.37 bits per heavy atom. The van der Waals surface area contributed by atoms with Gasteiger partial charge in [-0.25, -0.2) is 0 Å². The van der Waals surface area contributed by atoms with Crippen LogP contribution in [0.3, 0.4) is 0 Å². The minimum absolute atomic E-state index is 0.133. The van der Waals surface area contributed by atoms with E-state index in [0.717, 1.165) is 61.3 Å². The molecule has 0 bridgehead atoms. The number of ether oxygens (including phenoxy) is 3. The summed E-state index contributed by atoms with van der Waals surface area (Å²) in [6.07, 6.45) is 5.41. The van der Waals surface area contributed by atoms with E-state index < -0.39 is 5.79 Å². The zero-order chi connectivity index (χ0) is 21.0. The second-order valence-corrected chi connectivity index (χ2v) is 8.01. The third-order valence-electron chi connectivity index (χ3n) is 5.78. The van der Waals surface area contributed by atoms with Crippen LogP contribution < -0.4 is 9.64 Å². The van der Waals surface area contributed by atoms with E-state index in [1.807, 2.05) is 30.3 Å². The number of hydrogen-bond donors (Lipinski definition) is 0. The van der Waals surface area contributed by atoms with Gasteiger partial charge in [0.1, 0.15) is 5.75 Å². The summed E-state index contributed by atoms with van der Waals surface area (Å²) in [5.74, 6) is -0.549. The van der Waals surface area contributed by atoms with Crippen molar-refractivity contribution in [3.8, 4) is 5.75 Å². The van der Waals surface area contributed by atoms with Crippen molar-refractivity contribution in [1.29, 1.82) is 0 Å². The van der Waals surface area contributed by atoms with Crippen LogP contribution in [0, 0.1) is 0 Å². The molecule has 1 saturated heterocycles. The first-order valence-corrected chi connectivity index (χ1v) is 11.1. The highest BCUT2D eigenvalue weighted by atomic mass is 16.7. The zero-order valence-electron chi connectivity index (χ0n) is 18.0. The second kappa shape index (κ2) is 9.19. The topological polar surface area (TPSA) is 48.0 Å². The Morgan fingerprint density at radius 1 is 0.967 bits per heavy atom. The molecule has 4 rings (SSSR count). The van der Waals surface area contributed by atoms with E-state index >= 15 is 0 Å². The van der Waals surface area contributed by atoms with Crippen LogP contribution in [0.25, 0.3) is 0 Å². The molecular weight excluding hydrogens is 378 g/mol. The number of amides is 1. The van der Waals surface area contributed by atoms with Crippen molar-refractivity contribution in [3.63, 3.8) is 0 Å². The van der Waals surface area contributed by atoms with E-state index in [1.165, 1.54) is 5.56 Å². The van der Waals surface area contributed by atoms with Crippen LogP contribution in [0.15, 0.2) is 42.5 Å². The van der Waals surface area contributed by atoms with Crippen LogP contribution >= 0.6 is 0 Å². The fourth-order valence-corrected chi connectivity index (χ4v) is 4.08. The zero-order valence-corrected chi connectivity index (χ0v) is 18.0. The Hall–Kier alpha value is -2.37. The maximum Gasteiger partial charge on any atom is 0.292 e. The number of aryl methyl sites for hydroxylation is 1. The minimum atomic E-state index is -1.28. The highest BCUT2D eigenvalue weighted by Gasteiger charge is 2.56. The molecule has 2 aliphatic heterocycles. The lowest BCUT2D eigenvalue weighted by atomic mass is 10.0. The van der Waals surface area contributed by atoms with E-state index in [2.05, 4.69) is 26.0 Å². The van der Waals surface area contributed by atoms with Crippen LogP contribution in [-0.2, 0) is 33.0 Å². The number of fused-ring (bicyclic) bond motifs is 2. The quantitative estimate of drug-likeness (QED) is 0.550. The summed E-state index contributed by atoms with van der Waals surface area (Å²) in [6, 6.07) is 14.2. The summed E-state index contributed by atoms with van der Waals surface area (Å²) in [7, 11) is 0. The van der Waals surface area contributed by atoms with Crippen LogP contribution in [0.1, 0.15) is 56.2 Å². The molecule has 5 heteroatoms. The Kier molecular flexibility index (Phi) is 6.40. The highest BCUT2D eigenvalue weighted by Crippen LogP contribution is 2.46. The standard InChI is InChI=1S/C25H31NO4/c1-3-5-7-19-10-13-23-22(17-19)25(29-15-16-30-25)24(27)26(23)18-20-8-11-21(12-9-20)28-14-6-4-2/h8-13,17H,3-7,14-16,18H2,1-2H3. The van der Waals surface area contributed by atoms with Gasteiger partial charge in [-0.2, -0.15) is 0 Å². The van der Waals surface area contributed by atoms with Gasteiger partial charge in [0, 0.05) is 5.56 Å². The Morgan fingerprint density at radius 2 is 1.67 bits per heavy atom. The van der Waals surface area contributed by atoms with Crippen LogP contribution in [0.5, 0.6) is 5.75 Å². The lowest BCUT2D eigenvalue weighted by molar-refractivity contribution is -0.180. The molecule has 0 aliphatic carbocycles.